The molecule has 50 heavy (non-hydrogen) atoms. The number of ketones is 1. The highest BCUT2D eigenvalue weighted by Gasteiger charge is 2.37. The second-order valence-corrected chi connectivity index (χ2v) is 10.0. The number of Topliss-reactive ketones (excluding diaryl/α,β-unsaturated/α-hetero) is 1. The number of carbonyl (C=O) groups is 6. The van der Waals surface area contributed by atoms with Crippen LogP contribution in [-0.4, -0.2) is 70.7 Å². The Kier molecular flexibility index (Phi) is 15.8. The number of benzene rings is 4. The van der Waals surface area contributed by atoms with Crippen molar-refractivity contribution in [2.75, 3.05) is 19.7 Å². The van der Waals surface area contributed by atoms with Gasteiger partial charge in [0.1, 0.15) is 0 Å². The van der Waals surface area contributed by atoms with E-state index in [0.717, 1.165) is 9.80 Å². The van der Waals surface area contributed by atoms with Crippen LogP contribution in [0.15, 0.2) is 114 Å². The normalized spacial score (nSPS) is 12.5. The van der Waals surface area contributed by atoms with Gasteiger partial charge in [-0.1, -0.05) is 115 Å². The van der Waals surface area contributed by atoms with Crippen LogP contribution in [0.1, 0.15) is 94.0 Å². The molecule has 0 unspecified atom stereocenters. The Bertz CT molecular complexity index is 1790. The van der Waals surface area contributed by atoms with Crippen LogP contribution in [0.25, 0.3) is 0 Å². The molecule has 4 aromatic carbocycles. The number of imide groups is 2. The lowest BCUT2D eigenvalue weighted by molar-refractivity contribution is 0.0622. The lowest BCUT2D eigenvalue weighted by Crippen LogP contribution is -2.36. The van der Waals surface area contributed by atoms with Crippen molar-refractivity contribution in [1.29, 1.82) is 0 Å². The van der Waals surface area contributed by atoms with Crippen LogP contribution in [0.5, 0.6) is 0 Å². The molecular weight excluding hydrogens is 636 g/mol. The first-order valence-corrected chi connectivity index (χ1v) is 14.3. The van der Waals surface area contributed by atoms with Crippen molar-refractivity contribution in [2.24, 2.45) is 5.10 Å². The van der Waals surface area contributed by atoms with E-state index in [0.29, 0.717) is 39.1 Å². The summed E-state index contributed by atoms with van der Waals surface area (Å²) in [4.78, 5) is 75.1. The summed E-state index contributed by atoms with van der Waals surface area (Å²) in [5.41, 5.74) is 5.27. The van der Waals surface area contributed by atoms with Crippen molar-refractivity contribution in [3.8, 4) is 0 Å². The van der Waals surface area contributed by atoms with Crippen LogP contribution in [0.2, 0.25) is 0 Å². The molecule has 11 nitrogen and oxygen atoms in total. The second kappa shape index (κ2) is 18.9. The summed E-state index contributed by atoms with van der Waals surface area (Å²) in [5, 5.41) is 4.05. The van der Waals surface area contributed by atoms with E-state index < -0.39 is 17.9 Å². The van der Waals surface area contributed by atoms with Gasteiger partial charge in [-0.15, -0.1) is 0 Å². The fourth-order valence-corrected chi connectivity index (χ4v) is 4.87. The topological polar surface area (TPSA) is 143 Å². The number of fused-ring (bicyclic) bond motifs is 2. The number of nitrogens with zero attached hydrogens (tertiary/aromatic N) is 3. The molecule has 0 aliphatic carbocycles. The van der Waals surface area contributed by atoms with Gasteiger partial charge in [0.2, 0.25) is 0 Å². The molecule has 0 aromatic heterocycles. The zero-order valence-corrected chi connectivity index (χ0v) is 24.7. The maximum absolute atomic E-state index is 12.6. The van der Waals surface area contributed by atoms with Gasteiger partial charge in [-0.05, 0) is 36.8 Å². The summed E-state index contributed by atoms with van der Waals surface area (Å²) in [5.74, 6) is -1.83. The molecule has 262 valence electrons. The van der Waals surface area contributed by atoms with Gasteiger partial charge in [-0.3, -0.25) is 33.8 Å². The van der Waals surface area contributed by atoms with E-state index >= 15 is 0 Å². The molecular formula is C39H44N4O7. The molecule has 0 radical (unpaired) electrons. The minimum atomic E-state index is -0.705. The van der Waals surface area contributed by atoms with E-state index in [-0.39, 0.29) is 67.0 Å². The zero-order chi connectivity index (χ0) is 32.6. The molecule has 0 spiro atoms. The van der Waals surface area contributed by atoms with E-state index in [4.69, 9.17) is 4.74 Å². The average molecular weight is 681 g/mol. The van der Waals surface area contributed by atoms with Crippen molar-refractivity contribution in [1.82, 2.24) is 15.2 Å². The Hall–Kier alpha value is -6.23. The van der Waals surface area contributed by atoms with Gasteiger partial charge in [0.15, 0.2) is 5.78 Å². The Balaban J connectivity index is 0.000000475. The van der Waals surface area contributed by atoms with Crippen molar-refractivity contribution < 1.29 is 33.5 Å². The van der Waals surface area contributed by atoms with Crippen molar-refractivity contribution in [2.45, 2.75) is 36.6 Å². The molecule has 6 rings (SSSR count). The van der Waals surface area contributed by atoms with E-state index in [1.165, 1.54) is 0 Å². The van der Waals surface area contributed by atoms with Gasteiger partial charge in [0, 0.05) is 5.56 Å². The molecule has 2 aliphatic heterocycles. The van der Waals surface area contributed by atoms with E-state index in [2.05, 4.69) is 10.5 Å². The van der Waals surface area contributed by atoms with Gasteiger partial charge < -0.3 is 4.74 Å². The minimum Gasteiger partial charge on any atom is -0.449 e. The maximum atomic E-state index is 12.6. The first-order valence-electron chi connectivity index (χ1n) is 14.3. The molecule has 5 amide bonds. The predicted molar refractivity (Wildman–Crippen MR) is 194 cm³/mol. The number of ether oxygens (including phenoxy) is 1. The lowest BCUT2D eigenvalue weighted by Gasteiger charge is -2.16. The molecule has 0 atom stereocenters. The maximum Gasteiger partial charge on any atom is 0.427 e. The fraction of sp³-hybridized carbons (Fsp3) is 0.205. The highest BCUT2D eigenvalue weighted by Crippen LogP contribution is 2.24. The van der Waals surface area contributed by atoms with E-state index in [1.807, 2.05) is 6.07 Å². The van der Waals surface area contributed by atoms with Crippen LogP contribution < -0.4 is 5.43 Å². The average Bonchev–Trinajstić information content (AvgIpc) is 3.48. The quantitative estimate of drug-likeness (QED) is 0.0902. The van der Waals surface area contributed by atoms with Crippen LogP contribution >= 0.6 is 0 Å². The van der Waals surface area contributed by atoms with Crippen LogP contribution in [0.4, 0.5) is 4.79 Å². The lowest BCUT2D eigenvalue weighted by atomic mass is 10.1. The Labute approximate surface area is 293 Å². The molecule has 4 aromatic rings. The standard InChI is InChI=1S/C19H17N3O4.C16H11NO3.4CH4/c1-2-26-19(25)21-20-16(13-8-4-3-5-9-13)12-22-17(23)14-10-6-7-11-15(14)18(22)24;18-14(11-6-2-1-3-7-11)10-17-15(19)12-8-4-5-9-13(12)16(17)20;;;;/h3-11H,2,12H2,1H3,(H,21,25);1-9H,10H2;4*1H4. The zero-order valence-electron chi connectivity index (χ0n) is 24.7. The van der Waals surface area contributed by atoms with Gasteiger partial charge in [0.05, 0.1) is 47.7 Å². The van der Waals surface area contributed by atoms with Gasteiger partial charge in [-0.2, -0.15) is 5.10 Å². The third-order valence-corrected chi connectivity index (χ3v) is 7.13. The fourth-order valence-electron chi connectivity index (χ4n) is 4.87. The first kappa shape index (κ1) is 41.8. The number of carbonyl (C=O) groups excluding carboxylic acids is 6. The SMILES string of the molecule is C.C.C.C.CCOC(=O)NN=C(CN1C(=O)c2ccccc2C1=O)c1ccccc1.O=C(CN1C(=O)c2ccccc2C1=O)c1ccccc1. The molecule has 0 bridgehead atoms. The smallest absolute Gasteiger partial charge is 0.427 e. The number of hydrazone groups is 1. The Morgan fingerprint density at radius 2 is 0.920 bits per heavy atom. The monoisotopic (exact) mass is 680 g/mol. The number of hydrogen-bond donors (Lipinski definition) is 1. The predicted octanol–water partition coefficient (Wildman–Crippen LogP) is 7.14. The van der Waals surface area contributed by atoms with Crippen LogP contribution in [0.3, 0.4) is 0 Å². The third kappa shape index (κ3) is 9.01. The summed E-state index contributed by atoms with van der Waals surface area (Å²) in [6, 6.07) is 30.9. The Morgan fingerprint density at radius 1 is 0.560 bits per heavy atom. The molecule has 0 saturated heterocycles. The van der Waals surface area contributed by atoms with Gasteiger partial charge in [0.25, 0.3) is 23.6 Å². The number of amides is 5. The molecule has 1 N–H and O–H groups in total. The van der Waals surface area contributed by atoms with Crippen molar-refractivity contribution >= 4 is 41.2 Å². The Morgan fingerprint density at radius 3 is 1.32 bits per heavy atom. The summed E-state index contributed by atoms with van der Waals surface area (Å²) in [7, 11) is 0. The first-order chi connectivity index (χ1) is 22.3. The molecule has 0 saturated carbocycles. The highest BCUT2D eigenvalue weighted by atomic mass is 16.5. The molecule has 0 fully saturated rings. The molecule has 2 aliphatic rings. The summed E-state index contributed by atoms with van der Waals surface area (Å²) in [6.45, 7) is 1.60. The second-order valence-electron chi connectivity index (χ2n) is 10.0. The number of rotatable bonds is 8. The van der Waals surface area contributed by atoms with E-state index in [9.17, 15) is 28.8 Å². The largest absolute Gasteiger partial charge is 0.449 e. The third-order valence-electron chi connectivity index (χ3n) is 7.13. The van der Waals surface area contributed by atoms with Gasteiger partial charge in [-0.25, -0.2) is 10.2 Å². The van der Waals surface area contributed by atoms with Crippen LogP contribution in [-0.2, 0) is 4.74 Å². The highest BCUT2D eigenvalue weighted by molar-refractivity contribution is 6.24. The van der Waals surface area contributed by atoms with E-state index in [1.54, 1.807) is 110 Å². The molecule has 11 heteroatoms. The van der Waals surface area contributed by atoms with Crippen molar-refractivity contribution in [3.63, 3.8) is 0 Å². The van der Waals surface area contributed by atoms with Crippen LogP contribution in [0, 0.1) is 0 Å². The summed E-state index contributed by atoms with van der Waals surface area (Å²) in [6.07, 6.45) is -0.705. The minimum absolute atomic E-state index is 0. The number of hydrogen-bond acceptors (Lipinski definition) is 8. The number of nitrogens with one attached hydrogen (secondary N) is 1. The molecule has 2 heterocycles. The summed E-state index contributed by atoms with van der Waals surface area (Å²) < 4.78 is 4.79. The van der Waals surface area contributed by atoms with Gasteiger partial charge >= 0.3 is 6.09 Å². The van der Waals surface area contributed by atoms with Crippen molar-refractivity contribution in [3.05, 3.63) is 143 Å². The summed E-state index contributed by atoms with van der Waals surface area (Å²) >= 11 is 0.